The second-order valence-electron chi connectivity index (χ2n) is 3.24. The molecule has 1 aliphatic heterocycles. The van der Waals surface area contributed by atoms with E-state index in [1.165, 1.54) is 10.4 Å². The van der Waals surface area contributed by atoms with Crippen LogP contribution in [-0.2, 0) is 0 Å². The molecule has 0 saturated heterocycles. The van der Waals surface area contributed by atoms with Crippen molar-refractivity contribution < 1.29 is 4.74 Å². The average molecular weight is 261 g/mol. The van der Waals surface area contributed by atoms with E-state index in [1.54, 1.807) is 11.8 Å². The maximum atomic E-state index is 6.30. The Labute approximate surface area is 103 Å². The quantitative estimate of drug-likeness (QED) is 0.553. The first-order valence-electron chi connectivity index (χ1n) is 4.50. The van der Waals surface area contributed by atoms with Crippen LogP contribution in [0.5, 0.6) is 5.75 Å². The summed E-state index contributed by atoms with van der Waals surface area (Å²) in [7, 11) is 0. The SMILES string of the molecule is CSc1ccc2c(c1)C(Cl)/C(=C\Cl)CO2. The highest BCUT2D eigenvalue weighted by Crippen LogP contribution is 2.41. The first-order chi connectivity index (χ1) is 7.26. The Morgan fingerprint density at radius 2 is 2.33 bits per heavy atom. The van der Waals surface area contributed by atoms with Gasteiger partial charge in [0.1, 0.15) is 12.4 Å². The van der Waals surface area contributed by atoms with Crippen LogP contribution in [0.2, 0.25) is 0 Å². The van der Waals surface area contributed by atoms with Crippen LogP contribution in [0.1, 0.15) is 10.9 Å². The molecule has 1 atom stereocenters. The average Bonchev–Trinajstić information content (AvgIpc) is 2.29. The molecule has 1 heterocycles. The predicted molar refractivity (Wildman–Crippen MR) is 66.2 cm³/mol. The number of rotatable bonds is 1. The highest BCUT2D eigenvalue weighted by atomic mass is 35.5. The molecule has 0 aromatic heterocycles. The standard InChI is InChI=1S/C11H10Cl2OS/c1-15-8-2-3-10-9(4-8)11(13)7(5-12)6-14-10/h2-5,11H,6H2,1H3/b7-5-. The lowest BCUT2D eigenvalue weighted by atomic mass is 10.0. The van der Waals surface area contributed by atoms with Gasteiger partial charge in [0.25, 0.3) is 0 Å². The van der Waals surface area contributed by atoms with E-state index >= 15 is 0 Å². The monoisotopic (exact) mass is 260 g/mol. The lowest BCUT2D eigenvalue weighted by molar-refractivity contribution is 0.330. The molecule has 0 bridgehead atoms. The molecule has 15 heavy (non-hydrogen) atoms. The van der Waals surface area contributed by atoms with Crippen molar-refractivity contribution in [3.05, 3.63) is 34.9 Å². The molecule has 0 aliphatic carbocycles. The number of hydrogen-bond acceptors (Lipinski definition) is 2. The fourth-order valence-corrected chi connectivity index (χ4v) is 2.50. The molecule has 1 unspecified atom stereocenters. The molecule has 80 valence electrons. The zero-order valence-electron chi connectivity index (χ0n) is 8.17. The van der Waals surface area contributed by atoms with Crippen LogP contribution in [0.25, 0.3) is 0 Å². The Bertz CT molecular complexity index is 404. The van der Waals surface area contributed by atoms with Gasteiger partial charge in [0.2, 0.25) is 0 Å². The van der Waals surface area contributed by atoms with Gasteiger partial charge in [-0.15, -0.1) is 23.4 Å². The molecule has 4 heteroatoms. The van der Waals surface area contributed by atoms with Crippen LogP contribution in [0.3, 0.4) is 0 Å². The van der Waals surface area contributed by atoms with Crippen LogP contribution in [0, 0.1) is 0 Å². The third-order valence-electron chi connectivity index (χ3n) is 2.35. The van der Waals surface area contributed by atoms with Crippen molar-refractivity contribution >= 4 is 35.0 Å². The van der Waals surface area contributed by atoms with Gasteiger partial charge in [-0.25, -0.2) is 0 Å². The third kappa shape index (κ3) is 2.12. The molecular weight excluding hydrogens is 251 g/mol. The number of hydrogen-bond donors (Lipinski definition) is 0. The maximum absolute atomic E-state index is 6.30. The number of halogens is 2. The molecule has 1 aliphatic rings. The van der Waals surface area contributed by atoms with E-state index < -0.39 is 0 Å². The van der Waals surface area contributed by atoms with E-state index in [9.17, 15) is 0 Å². The largest absolute Gasteiger partial charge is 0.489 e. The van der Waals surface area contributed by atoms with E-state index in [4.69, 9.17) is 27.9 Å². The van der Waals surface area contributed by atoms with Crippen LogP contribution < -0.4 is 4.74 Å². The van der Waals surface area contributed by atoms with Crippen LogP contribution in [0.15, 0.2) is 34.2 Å². The summed E-state index contributed by atoms with van der Waals surface area (Å²) in [5.41, 5.74) is 3.41. The molecule has 0 fully saturated rings. The van der Waals surface area contributed by atoms with Gasteiger partial charge < -0.3 is 4.74 Å². The minimum atomic E-state index is -0.168. The normalized spacial score (nSPS) is 22.3. The van der Waals surface area contributed by atoms with Gasteiger partial charge in [-0.05, 0) is 24.5 Å². The van der Waals surface area contributed by atoms with Crippen molar-refractivity contribution in [3.8, 4) is 5.75 Å². The molecule has 0 radical (unpaired) electrons. The number of fused-ring (bicyclic) bond motifs is 1. The first-order valence-corrected chi connectivity index (χ1v) is 6.60. The van der Waals surface area contributed by atoms with Crippen molar-refractivity contribution in [1.82, 2.24) is 0 Å². The number of thioether (sulfide) groups is 1. The molecular formula is C11H10Cl2OS. The number of alkyl halides is 1. The fourth-order valence-electron chi connectivity index (χ4n) is 1.50. The van der Waals surface area contributed by atoms with E-state index in [0.717, 1.165) is 16.9 Å². The van der Waals surface area contributed by atoms with Crippen LogP contribution in [0.4, 0.5) is 0 Å². The van der Waals surface area contributed by atoms with Crippen LogP contribution >= 0.6 is 35.0 Å². The first kappa shape index (κ1) is 11.2. The third-order valence-corrected chi connectivity index (χ3v) is 3.87. The van der Waals surface area contributed by atoms with Gasteiger partial charge in [-0.3, -0.25) is 0 Å². The fraction of sp³-hybridized carbons (Fsp3) is 0.273. The van der Waals surface area contributed by atoms with Crippen molar-refractivity contribution in [2.24, 2.45) is 0 Å². The summed E-state index contributed by atoms with van der Waals surface area (Å²) in [6, 6.07) is 6.04. The van der Waals surface area contributed by atoms with Crippen molar-refractivity contribution in [2.45, 2.75) is 10.3 Å². The molecule has 1 aromatic carbocycles. The maximum Gasteiger partial charge on any atom is 0.124 e. The summed E-state index contributed by atoms with van der Waals surface area (Å²) < 4.78 is 5.55. The van der Waals surface area contributed by atoms with Crippen molar-refractivity contribution in [2.75, 3.05) is 12.9 Å². The summed E-state index contributed by atoms with van der Waals surface area (Å²) in [4.78, 5) is 1.18. The molecule has 0 amide bonds. The topological polar surface area (TPSA) is 9.23 Å². The van der Waals surface area contributed by atoms with Gasteiger partial charge in [0, 0.05) is 21.6 Å². The Morgan fingerprint density at radius 3 is 3.00 bits per heavy atom. The second-order valence-corrected chi connectivity index (χ2v) is 4.77. The van der Waals surface area contributed by atoms with Crippen molar-refractivity contribution in [1.29, 1.82) is 0 Å². The van der Waals surface area contributed by atoms with Gasteiger partial charge in [0.05, 0.1) is 5.38 Å². The van der Waals surface area contributed by atoms with E-state index in [1.807, 2.05) is 18.4 Å². The lowest BCUT2D eigenvalue weighted by Gasteiger charge is -2.24. The van der Waals surface area contributed by atoms with Gasteiger partial charge in [-0.2, -0.15) is 0 Å². The summed E-state index contributed by atoms with van der Waals surface area (Å²) in [5, 5.41) is -0.168. The molecule has 0 N–H and O–H groups in total. The Hall–Kier alpha value is -0.310. The van der Waals surface area contributed by atoms with Crippen LogP contribution in [-0.4, -0.2) is 12.9 Å². The number of benzene rings is 1. The highest BCUT2D eigenvalue weighted by Gasteiger charge is 2.23. The lowest BCUT2D eigenvalue weighted by Crippen LogP contribution is -2.14. The highest BCUT2D eigenvalue weighted by molar-refractivity contribution is 7.98. The zero-order valence-corrected chi connectivity index (χ0v) is 10.5. The second kappa shape index (κ2) is 4.69. The number of ether oxygens (including phenoxy) is 1. The summed E-state index contributed by atoms with van der Waals surface area (Å²) in [5.74, 6) is 0.857. The van der Waals surface area contributed by atoms with Gasteiger partial charge in [0.15, 0.2) is 0 Å². The van der Waals surface area contributed by atoms with Gasteiger partial charge in [-0.1, -0.05) is 11.6 Å². The Kier molecular flexibility index (Phi) is 3.49. The summed E-state index contributed by atoms with van der Waals surface area (Å²) in [6.45, 7) is 0.475. The minimum absolute atomic E-state index is 0.168. The summed E-state index contributed by atoms with van der Waals surface area (Å²) >= 11 is 13.7. The van der Waals surface area contributed by atoms with E-state index in [-0.39, 0.29) is 5.38 Å². The predicted octanol–water partition coefficient (Wildman–Crippen LogP) is 4.20. The molecule has 1 nitrogen and oxygen atoms in total. The zero-order chi connectivity index (χ0) is 10.8. The Balaban J connectivity index is 2.44. The molecule has 2 rings (SSSR count). The molecule has 1 aromatic rings. The molecule has 0 spiro atoms. The minimum Gasteiger partial charge on any atom is -0.489 e. The van der Waals surface area contributed by atoms with E-state index in [2.05, 4.69) is 6.07 Å². The van der Waals surface area contributed by atoms with Gasteiger partial charge >= 0.3 is 0 Å². The Morgan fingerprint density at radius 1 is 1.53 bits per heavy atom. The molecule has 0 saturated carbocycles. The van der Waals surface area contributed by atoms with E-state index in [0.29, 0.717) is 6.61 Å². The van der Waals surface area contributed by atoms with Crippen molar-refractivity contribution in [3.63, 3.8) is 0 Å². The summed E-state index contributed by atoms with van der Waals surface area (Å²) in [6.07, 6.45) is 2.03. The smallest absolute Gasteiger partial charge is 0.124 e.